The molecule has 0 unspecified atom stereocenters. The minimum atomic E-state index is -3.93. The van der Waals surface area contributed by atoms with Gasteiger partial charge in [-0.15, -0.1) is 0 Å². The molecule has 0 spiro atoms. The van der Waals surface area contributed by atoms with Crippen LogP contribution in [0.5, 0.6) is 0 Å². The normalized spacial score (nSPS) is 17.0. The fraction of sp³-hybridized carbons (Fsp3) is 0.231. The van der Waals surface area contributed by atoms with Crippen LogP contribution in [0.3, 0.4) is 0 Å². The molecule has 2 aliphatic rings. The number of hydrogen-bond donors (Lipinski definition) is 0. The van der Waals surface area contributed by atoms with Crippen LogP contribution in [0.4, 0.5) is 11.4 Å². The zero-order chi connectivity index (χ0) is 24.7. The van der Waals surface area contributed by atoms with Crippen molar-refractivity contribution in [3.63, 3.8) is 0 Å². The van der Waals surface area contributed by atoms with E-state index in [4.69, 9.17) is 11.6 Å². The Hall–Kier alpha value is -3.36. The second-order valence-corrected chi connectivity index (χ2v) is 10.8. The molecular weight excluding hydrogens is 486 g/mol. The molecule has 3 aromatic rings. The van der Waals surface area contributed by atoms with Gasteiger partial charge in [0.15, 0.2) is 0 Å². The number of carbonyl (C=O) groups is 2. The second kappa shape index (κ2) is 9.02. The summed E-state index contributed by atoms with van der Waals surface area (Å²) < 4.78 is 26.8. The van der Waals surface area contributed by atoms with E-state index in [2.05, 4.69) is 4.90 Å². The zero-order valence-corrected chi connectivity index (χ0v) is 20.7. The summed E-state index contributed by atoms with van der Waals surface area (Å²) in [6.07, 6.45) is 0. The van der Waals surface area contributed by atoms with Gasteiger partial charge in [-0.1, -0.05) is 29.8 Å². The summed E-state index contributed by atoms with van der Waals surface area (Å²) in [5.74, 6) is -0.591. The highest BCUT2D eigenvalue weighted by atomic mass is 35.5. The zero-order valence-electron chi connectivity index (χ0n) is 19.1. The Morgan fingerprint density at radius 2 is 1.66 bits per heavy atom. The number of anilines is 2. The lowest BCUT2D eigenvalue weighted by atomic mass is 10.1. The topological polar surface area (TPSA) is 78.0 Å². The highest BCUT2D eigenvalue weighted by Gasteiger charge is 2.35. The number of rotatable bonds is 3. The summed E-state index contributed by atoms with van der Waals surface area (Å²) in [7, 11) is -3.93. The average molecular weight is 510 g/mol. The van der Waals surface area contributed by atoms with Crippen LogP contribution in [0.1, 0.15) is 27.6 Å². The quantitative estimate of drug-likeness (QED) is 0.531. The van der Waals surface area contributed by atoms with Gasteiger partial charge in [-0.3, -0.25) is 9.59 Å². The van der Waals surface area contributed by atoms with Gasteiger partial charge < -0.3 is 14.7 Å². The van der Waals surface area contributed by atoms with Gasteiger partial charge >= 0.3 is 0 Å². The molecule has 0 atom stereocenters. The number of benzene rings is 3. The number of piperazine rings is 1. The third kappa shape index (κ3) is 4.06. The van der Waals surface area contributed by atoms with Crippen LogP contribution in [0, 0.1) is 0 Å². The molecule has 0 aliphatic carbocycles. The van der Waals surface area contributed by atoms with Gasteiger partial charge in [-0.25, -0.2) is 8.42 Å². The number of halogens is 1. The second-order valence-electron chi connectivity index (χ2n) is 8.49. The molecule has 1 fully saturated rings. The Morgan fingerprint density at radius 3 is 2.37 bits per heavy atom. The van der Waals surface area contributed by atoms with Crippen molar-refractivity contribution in [1.29, 1.82) is 0 Å². The Labute approximate surface area is 209 Å². The van der Waals surface area contributed by atoms with Crippen molar-refractivity contribution in [3.05, 3.63) is 82.9 Å². The largest absolute Gasteiger partial charge is 0.368 e. The molecule has 180 valence electrons. The van der Waals surface area contributed by atoms with Crippen molar-refractivity contribution in [2.24, 2.45) is 0 Å². The van der Waals surface area contributed by atoms with E-state index in [1.807, 2.05) is 24.3 Å². The molecule has 0 aromatic heterocycles. The van der Waals surface area contributed by atoms with Crippen LogP contribution >= 0.6 is 11.6 Å². The molecule has 0 saturated carbocycles. The predicted molar refractivity (Wildman–Crippen MR) is 135 cm³/mol. The first-order valence-electron chi connectivity index (χ1n) is 11.4. The van der Waals surface area contributed by atoms with Gasteiger partial charge in [-0.05, 0) is 55.5 Å². The van der Waals surface area contributed by atoms with Crippen LogP contribution in [0.25, 0.3) is 0 Å². The Kier molecular flexibility index (Phi) is 6.02. The van der Waals surface area contributed by atoms with Crippen molar-refractivity contribution in [3.8, 4) is 0 Å². The van der Waals surface area contributed by atoms with E-state index in [-0.39, 0.29) is 33.5 Å². The molecule has 0 N–H and O–H groups in total. The van der Waals surface area contributed by atoms with Crippen molar-refractivity contribution >= 4 is 44.6 Å². The van der Waals surface area contributed by atoms with Crippen LogP contribution in [-0.4, -0.2) is 57.9 Å². The Morgan fingerprint density at radius 1 is 0.914 bits per heavy atom. The summed E-state index contributed by atoms with van der Waals surface area (Å²) >= 11 is 6.11. The standard InChI is InChI=1S/C26H24ClN3O4S/c1-2-30-22-16-18(10-11-24(22)35(33,34)23-9-4-3-8-21(23)26(30)32)25(31)29-14-12-28(13-15-29)20-7-5-6-19(27)17-20/h3-11,16-17H,2,12-15H2,1H3. The number of hydrogen-bond acceptors (Lipinski definition) is 5. The van der Waals surface area contributed by atoms with E-state index < -0.39 is 15.7 Å². The first kappa shape index (κ1) is 23.4. The molecular formula is C26H24ClN3O4S. The maximum Gasteiger partial charge on any atom is 0.259 e. The highest BCUT2D eigenvalue weighted by Crippen LogP contribution is 2.37. The number of sulfone groups is 1. The molecule has 0 bridgehead atoms. The van der Waals surface area contributed by atoms with Crippen molar-refractivity contribution < 1.29 is 18.0 Å². The minimum absolute atomic E-state index is 0.0154. The van der Waals surface area contributed by atoms with Gasteiger partial charge in [0.2, 0.25) is 9.84 Å². The highest BCUT2D eigenvalue weighted by molar-refractivity contribution is 7.91. The molecule has 5 rings (SSSR count). The summed E-state index contributed by atoms with van der Waals surface area (Å²) in [4.78, 5) is 32.0. The van der Waals surface area contributed by atoms with Crippen molar-refractivity contribution in [2.45, 2.75) is 16.7 Å². The first-order chi connectivity index (χ1) is 16.8. The maximum atomic E-state index is 13.4. The Balaban J connectivity index is 1.44. The van der Waals surface area contributed by atoms with Crippen LogP contribution < -0.4 is 9.80 Å². The van der Waals surface area contributed by atoms with E-state index in [0.717, 1.165) is 5.69 Å². The van der Waals surface area contributed by atoms with Gasteiger partial charge in [0.25, 0.3) is 11.8 Å². The molecule has 0 radical (unpaired) electrons. The van der Waals surface area contributed by atoms with E-state index in [1.165, 1.54) is 35.2 Å². The van der Waals surface area contributed by atoms with Crippen LogP contribution in [0.15, 0.2) is 76.5 Å². The molecule has 35 heavy (non-hydrogen) atoms. The Bertz CT molecular complexity index is 1430. The fourth-order valence-corrected chi connectivity index (χ4v) is 6.49. The summed E-state index contributed by atoms with van der Waals surface area (Å²) in [6, 6.07) is 18.4. The molecule has 9 heteroatoms. The van der Waals surface area contributed by atoms with Gasteiger partial charge in [0.1, 0.15) is 0 Å². The summed E-state index contributed by atoms with van der Waals surface area (Å²) in [6.45, 7) is 4.39. The minimum Gasteiger partial charge on any atom is -0.368 e. The lowest BCUT2D eigenvalue weighted by Gasteiger charge is -2.36. The first-order valence-corrected chi connectivity index (χ1v) is 13.3. The molecule has 2 amide bonds. The smallest absolute Gasteiger partial charge is 0.259 e. The van der Waals surface area contributed by atoms with Crippen LogP contribution in [-0.2, 0) is 9.84 Å². The van der Waals surface area contributed by atoms with E-state index in [9.17, 15) is 18.0 Å². The van der Waals surface area contributed by atoms with Gasteiger partial charge in [0, 0.05) is 49.0 Å². The monoisotopic (exact) mass is 509 g/mol. The van der Waals surface area contributed by atoms with Crippen molar-refractivity contribution in [2.75, 3.05) is 42.5 Å². The van der Waals surface area contributed by atoms with E-state index in [0.29, 0.717) is 36.8 Å². The number of amides is 2. The summed E-state index contributed by atoms with van der Waals surface area (Å²) in [5, 5.41) is 0.665. The average Bonchev–Trinajstić information content (AvgIpc) is 2.95. The molecule has 7 nitrogen and oxygen atoms in total. The SMILES string of the molecule is CCN1C(=O)c2ccccc2S(=O)(=O)c2ccc(C(=O)N3CCN(c4cccc(Cl)c4)CC3)cc21. The predicted octanol–water partition coefficient (Wildman–Crippen LogP) is 4.12. The van der Waals surface area contributed by atoms with Gasteiger partial charge in [-0.2, -0.15) is 0 Å². The van der Waals surface area contributed by atoms with Gasteiger partial charge in [0.05, 0.1) is 21.0 Å². The maximum absolute atomic E-state index is 13.4. The van der Waals surface area contributed by atoms with Crippen LogP contribution in [0.2, 0.25) is 5.02 Å². The number of fused-ring (bicyclic) bond motifs is 2. The number of carbonyl (C=O) groups excluding carboxylic acids is 2. The third-order valence-electron chi connectivity index (χ3n) is 6.49. The van der Waals surface area contributed by atoms with E-state index in [1.54, 1.807) is 24.0 Å². The molecule has 2 heterocycles. The summed E-state index contributed by atoms with van der Waals surface area (Å²) in [5.41, 5.74) is 1.73. The lowest BCUT2D eigenvalue weighted by Crippen LogP contribution is -2.48. The fourth-order valence-electron chi connectivity index (χ4n) is 4.68. The van der Waals surface area contributed by atoms with Crippen molar-refractivity contribution in [1.82, 2.24) is 4.90 Å². The molecule has 2 aliphatic heterocycles. The lowest BCUT2D eigenvalue weighted by molar-refractivity contribution is 0.0746. The molecule has 1 saturated heterocycles. The number of nitrogens with zero attached hydrogens (tertiary/aromatic N) is 3. The molecule has 3 aromatic carbocycles. The third-order valence-corrected chi connectivity index (χ3v) is 8.59. The van der Waals surface area contributed by atoms with E-state index >= 15 is 0 Å².